The molecule has 0 saturated carbocycles. The average molecular weight is 417 g/mol. The third-order valence-electron chi connectivity index (χ3n) is 2.36. The molecule has 4 heteroatoms. The summed E-state index contributed by atoms with van der Waals surface area (Å²) >= 11 is 5.65. The third kappa shape index (κ3) is 3.32. The van der Waals surface area contributed by atoms with Gasteiger partial charge in [-0.2, -0.15) is 0 Å². The number of hydrogen-bond donors (Lipinski definition) is 0. The Hall–Kier alpha value is -0.880. The lowest BCUT2D eigenvalue weighted by Crippen LogP contribution is -1.93. The minimum absolute atomic E-state index is 0.0384. The Morgan fingerprint density at radius 2 is 2.00 bits per heavy atom. The Balaban J connectivity index is 2.27. The number of halogens is 2. The van der Waals surface area contributed by atoms with Gasteiger partial charge in [-0.05, 0) is 81.8 Å². The molecule has 0 aromatic heterocycles. The first-order valence-electron chi connectivity index (χ1n) is 5.30. The maximum absolute atomic E-state index is 11.2. The quantitative estimate of drug-likeness (QED) is 0.517. The van der Waals surface area contributed by atoms with E-state index < -0.39 is 0 Å². The topological polar surface area (TPSA) is 26.3 Å². The fraction of sp³-hybridized carbons (Fsp3) is 0.0714. The van der Waals surface area contributed by atoms with Gasteiger partial charge in [0.2, 0.25) is 0 Å². The van der Waals surface area contributed by atoms with Crippen LogP contribution in [0, 0.1) is 3.57 Å². The van der Waals surface area contributed by atoms with E-state index in [9.17, 15) is 4.79 Å². The van der Waals surface area contributed by atoms with E-state index in [0.29, 0.717) is 11.3 Å². The van der Waals surface area contributed by atoms with Crippen molar-refractivity contribution in [2.45, 2.75) is 6.92 Å². The summed E-state index contributed by atoms with van der Waals surface area (Å²) in [5, 5.41) is 0. The van der Waals surface area contributed by atoms with Gasteiger partial charge in [-0.25, -0.2) is 0 Å². The van der Waals surface area contributed by atoms with E-state index in [0.717, 1.165) is 13.8 Å². The number of carbonyl (C=O) groups is 1. The van der Waals surface area contributed by atoms with Gasteiger partial charge in [-0.1, -0.05) is 6.07 Å². The molecular formula is C14H10BrIO2. The number of benzene rings is 2. The Kier molecular flexibility index (Phi) is 4.40. The Bertz CT molecular complexity index is 596. The molecule has 18 heavy (non-hydrogen) atoms. The molecule has 2 nitrogen and oxygen atoms in total. The molecule has 0 spiro atoms. The summed E-state index contributed by atoms with van der Waals surface area (Å²) in [6.45, 7) is 1.54. The summed E-state index contributed by atoms with van der Waals surface area (Å²) in [5.41, 5.74) is 0.664. The van der Waals surface area contributed by atoms with Gasteiger partial charge < -0.3 is 4.74 Å². The van der Waals surface area contributed by atoms with Crippen LogP contribution in [0.1, 0.15) is 17.3 Å². The van der Waals surface area contributed by atoms with Crippen molar-refractivity contribution in [1.82, 2.24) is 0 Å². The van der Waals surface area contributed by atoms with E-state index in [1.54, 1.807) is 25.1 Å². The van der Waals surface area contributed by atoms with Crippen LogP contribution < -0.4 is 4.74 Å². The third-order valence-corrected chi connectivity index (χ3v) is 3.65. The molecule has 2 rings (SSSR count). The zero-order valence-corrected chi connectivity index (χ0v) is 13.4. The fourth-order valence-corrected chi connectivity index (χ4v) is 2.43. The van der Waals surface area contributed by atoms with Crippen LogP contribution >= 0.6 is 38.5 Å². The van der Waals surface area contributed by atoms with Crippen molar-refractivity contribution in [3.8, 4) is 11.5 Å². The number of ether oxygens (including phenoxy) is 1. The lowest BCUT2D eigenvalue weighted by Gasteiger charge is -2.08. The highest BCUT2D eigenvalue weighted by Gasteiger charge is 2.06. The second kappa shape index (κ2) is 5.84. The highest BCUT2D eigenvalue weighted by Crippen LogP contribution is 2.31. The largest absolute Gasteiger partial charge is 0.456 e. The van der Waals surface area contributed by atoms with E-state index in [4.69, 9.17) is 4.74 Å². The number of Topliss-reactive ketones (excluding diaryl/α,β-unsaturated/α-hetero) is 1. The number of rotatable bonds is 3. The molecule has 2 aromatic carbocycles. The van der Waals surface area contributed by atoms with Gasteiger partial charge in [-0.15, -0.1) is 0 Å². The molecular weight excluding hydrogens is 407 g/mol. The molecule has 2 aromatic rings. The van der Waals surface area contributed by atoms with Crippen LogP contribution in [0.4, 0.5) is 0 Å². The van der Waals surface area contributed by atoms with E-state index >= 15 is 0 Å². The van der Waals surface area contributed by atoms with Crippen LogP contribution in [-0.2, 0) is 0 Å². The predicted octanol–water partition coefficient (Wildman–Crippen LogP) is 5.05. The van der Waals surface area contributed by atoms with Crippen molar-refractivity contribution >= 4 is 44.3 Å². The van der Waals surface area contributed by atoms with Crippen molar-refractivity contribution in [3.05, 3.63) is 56.1 Å². The van der Waals surface area contributed by atoms with Gasteiger partial charge in [0, 0.05) is 9.13 Å². The van der Waals surface area contributed by atoms with E-state index in [1.165, 1.54) is 0 Å². The second-order valence-electron chi connectivity index (χ2n) is 3.76. The number of ketones is 1. The summed E-state index contributed by atoms with van der Waals surface area (Å²) in [6.07, 6.45) is 0. The van der Waals surface area contributed by atoms with Crippen molar-refractivity contribution in [3.63, 3.8) is 0 Å². The van der Waals surface area contributed by atoms with Gasteiger partial charge in [-0.3, -0.25) is 4.79 Å². The van der Waals surface area contributed by atoms with Crippen LogP contribution in [0.3, 0.4) is 0 Å². The van der Waals surface area contributed by atoms with Crippen LogP contribution in [-0.4, -0.2) is 5.78 Å². The summed E-state index contributed by atoms with van der Waals surface area (Å²) in [7, 11) is 0. The first kappa shape index (κ1) is 13.5. The molecule has 0 N–H and O–H groups in total. The van der Waals surface area contributed by atoms with Crippen LogP contribution in [0.25, 0.3) is 0 Å². The van der Waals surface area contributed by atoms with E-state index in [1.807, 2.05) is 24.3 Å². The van der Waals surface area contributed by atoms with Crippen molar-refractivity contribution < 1.29 is 9.53 Å². The van der Waals surface area contributed by atoms with Gasteiger partial charge in [0.15, 0.2) is 5.78 Å². The highest BCUT2D eigenvalue weighted by atomic mass is 127. The second-order valence-corrected chi connectivity index (χ2v) is 5.86. The Morgan fingerprint density at radius 3 is 2.61 bits per heavy atom. The molecule has 0 atom stereocenters. The molecule has 0 heterocycles. The standard InChI is InChI=1S/C14H10BrIO2/c1-9(17)10-5-6-14(13(15)7-10)18-12-4-2-3-11(16)8-12/h2-8H,1H3. The Labute approximate surface area is 128 Å². The Morgan fingerprint density at radius 1 is 1.22 bits per heavy atom. The molecule has 0 amide bonds. The van der Waals surface area contributed by atoms with Crippen LogP contribution in [0.5, 0.6) is 11.5 Å². The summed E-state index contributed by atoms with van der Waals surface area (Å²) in [4.78, 5) is 11.2. The summed E-state index contributed by atoms with van der Waals surface area (Å²) in [5.74, 6) is 1.51. The first-order chi connectivity index (χ1) is 8.56. The molecule has 0 aliphatic heterocycles. The first-order valence-corrected chi connectivity index (χ1v) is 7.17. The van der Waals surface area contributed by atoms with Gasteiger partial charge in [0.1, 0.15) is 11.5 Å². The van der Waals surface area contributed by atoms with E-state index in [2.05, 4.69) is 38.5 Å². The molecule has 0 saturated heterocycles. The summed E-state index contributed by atoms with van der Waals surface area (Å²) in [6, 6.07) is 13.1. The smallest absolute Gasteiger partial charge is 0.159 e. The zero-order chi connectivity index (χ0) is 13.1. The predicted molar refractivity (Wildman–Crippen MR) is 83.4 cm³/mol. The van der Waals surface area contributed by atoms with E-state index in [-0.39, 0.29) is 5.78 Å². The lowest BCUT2D eigenvalue weighted by atomic mass is 10.1. The minimum atomic E-state index is 0.0384. The lowest BCUT2D eigenvalue weighted by molar-refractivity contribution is 0.101. The van der Waals surface area contributed by atoms with Crippen LogP contribution in [0.15, 0.2) is 46.9 Å². The molecule has 92 valence electrons. The van der Waals surface area contributed by atoms with Gasteiger partial charge in [0.05, 0.1) is 4.47 Å². The van der Waals surface area contributed by atoms with Gasteiger partial charge >= 0.3 is 0 Å². The highest BCUT2D eigenvalue weighted by molar-refractivity contribution is 14.1. The molecule has 0 radical (unpaired) electrons. The van der Waals surface area contributed by atoms with Crippen molar-refractivity contribution in [2.24, 2.45) is 0 Å². The normalized spacial score (nSPS) is 10.2. The monoisotopic (exact) mass is 416 g/mol. The molecule has 0 aliphatic rings. The number of hydrogen-bond acceptors (Lipinski definition) is 2. The van der Waals surface area contributed by atoms with Crippen LogP contribution in [0.2, 0.25) is 0 Å². The molecule has 0 bridgehead atoms. The molecule has 0 fully saturated rings. The molecule has 0 aliphatic carbocycles. The zero-order valence-electron chi connectivity index (χ0n) is 9.61. The average Bonchev–Trinajstić information content (AvgIpc) is 2.31. The number of carbonyl (C=O) groups excluding carboxylic acids is 1. The van der Waals surface area contributed by atoms with Crippen molar-refractivity contribution in [1.29, 1.82) is 0 Å². The van der Waals surface area contributed by atoms with Gasteiger partial charge in [0.25, 0.3) is 0 Å². The maximum atomic E-state index is 11.2. The minimum Gasteiger partial charge on any atom is -0.456 e. The maximum Gasteiger partial charge on any atom is 0.159 e. The SMILES string of the molecule is CC(=O)c1ccc(Oc2cccc(I)c2)c(Br)c1. The molecule has 0 unspecified atom stereocenters. The summed E-state index contributed by atoms with van der Waals surface area (Å²) < 4.78 is 7.65. The van der Waals surface area contributed by atoms with Crippen molar-refractivity contribution in [2.75, 3.05) is 0 Å². The fourth-order valence-electron chi connectivity index (χ4n) is 1.46.